The normalized spacial score (nSPS) is 12.3. The number of hydrogen-bond acceptors (Lipinski definition) is 2. The third-order valence-corrected chi connectivity index (χ3v) is 3.22. The highest BCUT2D eigenvalue weighted by Crippen LogP contribution is 2.19. The molecule has 3 nitrogen and oxygen atoms in total. The molecule has 0 saturated heterocycles. The second-order valence-corrected chi connectivity index (χ2v) is 4.77. The Hall–Kier alpha value is -1.87. The lowest BCUT2D eigenvalue weighted by Gasteiger charge is -2.15. The average molecular weight is 256 g/mol. The molecule has 2 aromatic rings. The smallest absolute Gasteiger partial charge is 0.216 e. The number of hydrogen-bond donors (Lipinski definition) is 2. The van der Waals surface area contributed by atoms with Crippen molar-refractivity contribution < 1.29 is 4.79 Å². The van der Waals surface area contributed by atoms with Crippen molar-refractivity contribution in [3.8, 4) is 0 Å². The number of carbonyl (C=O) groups excluding carboxylic acids is 1. The van der Waals surface area contributed by atoms with E-state index in [0.717, 1.165) is 6.54 Å². The van der Waals surface area contributed by atoms with Crippen molar-refractivity contribution in [3.63, 3.8) is 0 Å². The Balaban J connectivity index is 1.97. The zero-order valence-electron chi connectivity index (χ0n) is 11.4. The molecule has 0 aliphatic rings. The van der Waals surface area contributed by atoms with Crippen LogP contribution in [-0.4, -0.2) is 19.0 Å². The minimum absolute atomic E-state index is 0.0140. The Morgan fingerprint density at radius 2 is 1.84 bits per heavy atom. The summed E-state index contributed by atoms with van der Waals surface area (Å²) in [6.07, 6.45) is 0. The van der Waals surface area contributed by atoms with E-state index in [0.29, 0.717) is 6.54 Å². The van der Waals surface area contributed by atoms with Gasteiger partial charge in [-0.1, -0.05) is 36.4 Å². The van der Waals surface area contributed by atoms with Crippen molar-refractivity contribution >= 4 is 16.7 Å². The SMILES string of the molecule is CC(=O)NCCNC(C)c1ccc2ccccc2c1. The van der Waals surface area contributed by atoms with Crippen molar-refractivity contribution in [2.24, 2.45) is 0 Å². The summed E-state index contributed by atoms with van der Waals surface area (Å²) in [6.45, 7) is 5.10. The van der Waals surface area contributed by atoms with Crippen LogP contribution >= 0.6 is 0 Å². The molecule has 0 aliphatic carbocycles. The van der Waals surface area contributed by atoms with Gasteiger partial charge in [-0.05, 0) is 29.3 Å². The maximum atomic E-state index is 10.8. The fourth-order valence-corrected chi connectivity index (χ4v) is 2.12. The fourth-order valence-electron chi connectivity index (χ4n) is 2.12. The molecule has 0 aromatic heterocycles. The highest BCUT2D eigenvalue weighted by molar-refractivity contribution is 5.83. The van der Waals surface area contributed by atoms with E-state index in [4.69, 9.17) is 0 Å². The van der Waals surface area contributed by atoms with Gasteiger partial charge in [0.25, 0.3) is 0 Å². The number of carbonyl (C=O) groups is 1. The molecule has 0 spiro atoms. The molecule has 3 heteroatoms. The van der Waals surface area contributed by atoms with Gasteiger partial charge in [-0.15, -0.1) is 0 Å². The highest BCUT2D eigenvalue weighted by Gasteiger charge is 2.05. The molecule has 0 heterocycles. The zero-order valence-corrected chi connectivity index (χ0v) is 11.4. The van der Waals surface area contributed by atoms with Crippen LogP contribution in [0, 0.1) is 0 Å². The molecule has 2 rings (SSSR count). The van der Waals surface area contributed by atoms with Crippen LogP contribution in [0.3, 0.4) is 0 Å². The van der Waals surface area contributed by atoms with E-state index in [-0.39, 0.29) is 11.9 Å². The average Bonchev–Trinajstić information content (AvgIpc) is 2.42. The summed E-state index contributed by atoms with van der Waals surface area (Å²) in [7, 11) is 0. The Morgan fingerprint density at radius 1 is 1.11 bits per heavy atom. The molecule has 19 heavy (non-hydrogen) atoms. The summed E-state index contributed by atoms with van der Waals surface area (Å²) in [5.74, 6) is 0.0140. The molecule has 100 valence electrons. The van der Waals surface area contributed by atoms with E-state index in [9.17, 15) is 4.79 Å². The Labute approximate surface area is 114 Å². The second-order valence-electron chi connectivity index (χ2n) is 4.77. The largest absolute Gasteiger partial charge is 0.355 e. The summed E-state index contributed by atoms with van der Waals surface area (Å²) in [5, 5.41) is 8.71. The van der Waals surface area contributed by atoms with Crippen LogP contribution in [0.2, 0.25) is 0 Å². The van der Waals surface area contributed by atoms with Crippen LogP contribution in [0.1, 0.15) is 25.5 Å². The van der Waals surface area contributed by atoms with Crippen molar-refractivity contribution in [2.75, 3.05) is 13.1 Å². The van der Waals surface area contributed by atoms with Crippen LogP contribution in [-0.2, 0) is 4.79 Å². The van der Waals surface area contributed by atoms with Crippen LogP contribution in [0.4, 0.5) is 0 Å². The first-order valence-electron chi connectivity index (χ1n) is 6.63. The van der Waals surface area contributed by atoms with Gasteiger partial charge in [-0.2, -0.15) is 0 Å². The third-order valence-electron chi connectivity index (χ3n) is 3.22. The molecule has 1 amide bonds. The Bertz CT molecular complexity index is 565. The Kier molecular flexibility index (Phi) is 4.53. The van der Waals surface area contributed by atoms with Crippen molar-refractivity contribution in [1.29, 1.82) is 0 Å². The molecule has 0 saturated carbocycles. The topological polar surface area (TPSA) is 41.1 Å². The molecule has 2 N–H and O–H groups in total. The fraction of sp³-hybridized carbons (Fsp3) is 0.312. The number of amides is 1. The van der Waals surface area contributed by atoms with Gasteiger partial charge in [-0.3, -0.25) is 4.79 Å². The van der Waals surface area contributed by atoms with E-state index >= 15 is 0 Å². The van der Waals surface area contributed by atoms with Crippen LogP contribution in [0.15, 0.2) is 42.5 Å². The first kappa shape index (κ1) is 13.6. The van der Waals surface area contributed by atoms with Gasteiger partial charge in [0.2, 0.25) is 5.91 Å². The predicted octanol–water partition coefficient (Wildman–Crippen LogP) is 2.63. The standard InChI is InChI=1S/C16H20N2O/c1-12(17-9-10-18-13(2)19)15-8-7-14-5-3-4-6-16(14)11-15/h3-8,11-12,17H,9-10H2,1-2H3,(H,18,19). The molecule has 1 unspecified atom stereocenters. The summed E-state index contributed by atoms with van der Waals surface area (Å²) >= 11 is 0. The van der Waals surface area contributed by atoms with E-state index in [1.54, 1.807) is 0 Å². The van der Waals surface area contributed by atoms with E-state index in [1.165, 1.54) is 23.3 Å². The summed E-state index contributed by atoms with van der Waals surface area (Å²) in [4.78, 5) is 10.8. The lowest BCUT2D eigenvalue weighted by atomic mass is 10.0. The summed E-state index contributed by atoms with van der Waals surface area (Å²) < 4.78 is 0. The lowest BCUT2D eigenvalue weighted by Crippen LogP contribution is -2.31. The molecule has 2 aromatic carbocycles. The van der Waals surface area contributed by atoms with E-state index in [1.807, 2.05) is 0 Å². The minimum Gasteiger partial charge on any atom is -0.355 e. The van der Waals surface area contributed by atoms with E-state index < -0.39 is 0 Å². The van der Waals surface area contributed by atoms with Crippen molar-refractivity contribution in [3.05, 3.63) is 48.0 Å². The quantitative estimate of drug-likeness (QED) is 0.807. The summed E-state index contributed by atoms with van der Waals surface area (Å²) in [6, 6.07) is 15.1. The molecule has 0 bridgehead atoms. The first-order chi connectivity index (χ1) is 9.16. The van der Waals surface area contributed by atoms with Crippen molar-refractivity contribution in [1.82, 2.24) is 10.6 Å². The lowest BCUT2D eigenvalue weighted by molar-refractivity contribution is -0.118. The molecule has 0 fully saturated rings. The zero-order chi connectivity index (χ0) is 13.7. The van der Waals surface area contributed by atoms with Gasteiger partial charge in [0, 0.05) is 26.1 Å². The molecule has 0 radical (unpaired) electrons. The maximum absolute atomic E-state index is 10.8. The van der Waals surface area contributed by atoms with Gasteiger partial charge < -0.3 is 10.6 Å². The predicted molar refractivity (Wildman–Crippen MR) is 79.0 cm³/mol. The Morgan fingerprint density at radius 3 is 2.58 bits per heavy atom. The van der Waals surface area contributed by atoms with Gasteiger partial charge in [-0.25, -0.2) is 0 Å². The molecular formula is C16H20N2O. The van der Waals surface area contributed by atoms with E-state index in [2.05, 4.69) is 60.0 Å². The monoisotopic (exact) mass is 256 g/mol. The molecule has 1 atom stereocenters. The first-order valence-corrected chi connectivity index (χ1v) is 6.63. The number of fused-ring (bicyclic) bond motifs is 1. The van der Waals surface area contributed by atoms with Crippen LogP contribution in [0.5, 0.6) is 0 Å². The number of nitrogens with one attached hydrogen (secondary N) is 2. The summed E-state index contributed by atoms with van der Waals surface area (Å²) in [5.41, 5.74) is 1.27. The second kappa shape index (κ2) is 6.34. The number of rotatable bonds is 5. The van der Waals surface area contributed by atoms with Gasteiger partial charge >= 0.3 is 0 Å². The third kappa shape index (κ3) is 3.80. The molecule has 0 aliphatic heterocycles. The van der Waals surface area contributed by atoms with Gasteiger partial charge in [0.1, 0.15) is 0 Å². The van der Waals surface area contributed by atoms with Crippen LogP contribution < -0.4 is 10.6 Å². The highest BCUT2D eigenvalue weighted by atomic mass is 16.1. The minimum atomic E-state index is 0.0140. The van der Waals surface area contributed by atoms with Crippen LogP contribution in [0.25, 0.3) is 10.8 Å². The number of benzene rings is 2. The maximum Gasteiger partial charge on any atom is 0.216 e. The van der Waals surface area contributed by atoms with Gasteiger partial charge in [0.15, 0.2) is 0 Å². The van der Waals surface area contributed by atoms with Gasteiger partial charge in [0.05, 0.1) is 0 Å². The van der Waals surface area contributed by atoms with Crippen molar-refractivity contribution in [2.45, 2.75) is 19.9 Å². The molecular weight excluding hydrogens is 236 g/mol.